The van der Waals surface area contributed by atoms with Gasteiger partial charge in [-0.15, -0.1) is 0 Å². The van der Waals surface area contributed by atoms with Crippen LogP contribution in [0.25, 0.3) is 0 Å². The minimum absolute atomic E-state index is 0.182. The second-order valence-corrected chi connectivity index (χ2v) is 4.68. The summed E-state index contributed by atoms with van der Waals surface area (Å²) >= 11 is 0. The fourth-order valence-corrected chi connectivity index (χ4v) is 2.23. The van der Waals surface area contributed by atoms with E-state index in [0.717, 1.165) is 6.42 Å². The molecule has 1 saturated heterocycles. The lowest BCUT2D eigenvalue weighted by Gasteiger charge is -2.33. The zero-order valence-electron chi connectivity index (χ0n) is 10.8. The lowest BCUT2D eigenvalue weighted by molar-refractivity contribution is -0.143. The van der Waals surface area contributed by atoms with Crippen LogP contribution < -0.4 is 4.90 Å². The lowest BCUT2D eigenvalue weighted by atomic mass is 9.99. The molecule has 0 radical (unpaired) electrons. The third-order valence-corrected chi connectivity index (χ3v) is 3.36. The van der Waals surface area contributed by atoms with E-state index in [1.807, 2.05) is 0 Å². The number of carbonyl (C=O) groups is 2. The van der Waals surface area contributed by atoms with Gasteiger partial charge in [0.1, 0.15) is 0 Å². The second kappa shape index (κ2) is 5.69. The molecule has 0 aliphatic carbocycles. The molecule has 2 amide bonds. The zero-order chi connectivity index (χ0) is 13.8. The maximum Gasteiger partial charge on any atom is 0.324 e. The fraction of sp³-hybridized carbons (Fsp3) is 0.462. The molecule has 0 bridgehead atoms. The first kappa shape index (κ1) is 13.3. The van der Waals surface area contributed by atoms with Crippen molar-refractivity contribution in [1.29, 1.82) is 0 Å². The maximum absolute atomic E-state index is 12.3. The van der Waals surface area contributed by atoms with Crippen molar-refractivity contribution in [2.45, 2.75) is 12.8 Å². The summed E-state index contributed by atoms with van der Waals surface area (Å²) in [5.74, 6) is -1.29. The van der Waals surface area contributed by atoms with E-state index in [-0.39, 0.29) is 12.6 Å². The summed E-state index contributed by atoms with van der Waals surface area (Å²) in [6.07, 6.45) is 4.61. The first-order chi connectivity index (χ1) is 9.09. The highest BCUT2D eigenvalue weighted by atomic mass is 16.4. The number of carboxylic acids is 1. The van der Waals surface area contributed by atoms with Gasteiger partial charge in [-0.1, -0.05) is 0 Å². The molecule has 1 fully saturated rings. The SMILES string of the molecule is CN(C(=O)N1CCCC(C(=O)O)C1)c1cccnc1. The number of likely N-dealkylation sites (tertiary alicyclic amines) is 1. The average Bonchev–Trinajstić information content (AvgIpc) is 2.46. The van der Waals surface area contributed by atoms with E-state index in [2.05, 4.69) is 4.98 Å². The Morgan fingerprint density at radius 1 is 1.53 bits per heavy atom. The molecular weight excluding hydrogens is 246 g/mol. The zero-order valence-corrected chi connectivity index (χ0v) is 10.8. The molecule has 6 nitrogen and oxygen atoms in total. The Morgan fingerprint density at radius 2 is 2.32 bits per heavy atom. The third kappa shape index (κ3) is 3.01. The highest BCUT2D eigenvalue weighted by Crippen LogP contribution is 2.19. The minimum atomic E-state index is -0.832. The predicted octanol–water partition coefficient (Wildman–Crippen LogP) is 1.43. The summed E-state index contributed by atoms with van der Waals surface area (Å²) in [4.78, 5) is 30.4. The largest absolute Gasteiger partial charge is 0.481 e. The smallest absolute Gasteiger partial charge is 0.324 e. The molecular formula is C13H17N3O3. The Labute approximate surface area is 111 Å². The van der Waals surface area contributed by atoms with E-state index in [0.29, 0.717) is 18.7 Å². The van der Waals surface area contributed by atoms with Crippen molar-refractivity contribution in [3.05, 3.63) is 24.5 Å². The number of urea groups is 1. The van der Waals surface area contributed by atoms with Crippen molar-refractivity contribution >= 4 is 17.7 Å². The molecule has 1 atom stereocenters. The van der Waals surface area contributed by atoms with Gasteiger partial charge in [-0.05, 0) is 25.0 Å². The number of aromatic nitrogens is 1. The molecule has 19 heavy (non-hydrogen) atoms. The Bertz CT molecular complexity index is 463. The van der Waals surface area contributed by atoms with Crippen LogP contribution in [0.2, 0.25) is 0 Å². The molecule has 102 valence electrons. The average molecular weight is 263 g/mol. The number of pyridine rings is 1. The van der Waals surface area contributed by atoms with E-state index >= 15 is 0 Å². The van der Waals surface area contributed by atoms with Crippen LogP contribution in [0.3, 0.4) is 0 Å². The summed E-state index contributed by atoms with van der Waals surface area (Å²) in [7, 11) is 1.67. The Hall–Kier alpha value is -2.11. The summed E-state index contributed by atoms with van der Waals surface area (Å²) in [6, 6.07) is 3.37. The molecule has 1 aliphatic heterocycles. The molecule has 1 aromatic heterocycles. The molecule has 0 aromatic carbocycles. The van der Waals surface area contributed by atoms with Crippen molar-refractivity contribution in [3.63, 3.8) is 0 Å². The van der Waals surface area contributed by atoms with Gasteiger partial charge >= 0.3 is 12.0 Å². The number of carboxylic acid groups (broad SMARTS) is 1. The van der Waals surface area contributed by atoms with Crippen molar-refractivity contribution in [3.8, 4) is 0 Å². The van der Waals surface area contributed by atoms with Gasteiger partial charge in [0.15, 0.2) is 0 Å². The minimum Gasteiger partial charge on any atom is -0.481 e. The summed E-state index contributed by atoms with van der Waals surface area (Å²) in [6.45, 7) is 0.881. The highest BCUT2D eigenvalue weighted by molar-refractivity contribution is 5.91. The van der Waals surface area contributed by atoms with Crippen molar-refractivity contribution < 1.29 is 14.7 Å². The predicted molar refractivity (Wildman–Crippen MR) is 70.0 cm³/mol. The van der Waals surface area contributed by atoms with Crippen LogP contribution in [-0.4, -0.2) is 47.1 Å². The van der Waals surface area contributed by atoms with Gasteiger partial charge in [-0.3, -0.25) is 14.7 Å². The van der Waals surface area contributed by atoms with Gasteiger partial charge in [0.05, 0.1) is 17.8 Å². The Morgan fingerprint density at radius 3 is 2.95 bits per heavy atom. The molecule has 0 saturated carbocycles. The molecule has 6 heteroatoms. The van der Waals surface area contributed by atoms with Gasteiger partial charge in [0.25, 0.3) is 0 Å². The van der Waals surface area contributed by atoms with E-state index in [1.54, 1.807) is 36.5 Å². The van der Waals surface area contributed by atoms with Crippen LogP contribution in [0.15, 0.2) is 24.5 Å². The number of piperidine rings is 1. The van der Waals surface area contributed by atoms with Crippen LogP contribution in [0.5, 0.6) is 0 Å². The van der Waals surface area contributed by atoms with Gasteiger partial charge in [-0.2, -0.15) is 0 Å². The van der Waals surface area contributed by atoms with Crippen LogP contribution in [-0.2, 0) is 4.79 Å². The van der Waals surface area contributed by atoms with E-state index in [1.165, 1.54) is 4.90 Å². The quantitative estimate of drug-likeness (QED) is 0.876. The van der Waals surface area contributed by atoms with Crippen molar-refractivity contribution in [1.82, 2.24) is 9.88 Å². The lowest BCUT2D eigenvalue weighted by Crippen LogP contribution is -2.47. The highest BCUT2D eigenvalue weighted by Gasteiger charge is 2.29. The van der Waals surface area contributed by atoms with Gasteiger partial charge in [-0.25, -0.2) is 4.79 Å². The van der Waals surface area contributed by atoms with E-state index < -0.39 is 11.9 Å². The maximum atomic E-state index is 12.3. The van der Waals surface area contributed by atoms with Gasteiger partial charge in [0.2, 0.25) is 0 Å². The molecule has 1 aliphatic rings. The number of hydrogen-bond acceptors (Lipinski definition) is 3. The van der Waals surface area contributed by atoms with Crippen LogP contribution in [0, 0.1) is 5.92 Å². The topological polar surface area (TPSA) is 73.7 Å². The number of amides is 2. The number of hydrogen-bond donors (Lipinski definition) is 1. The standard InChI is InChI=1S/C13H17N3O3/c1-15(11-5-2-6-14-8-11)13(19)16-7-3-4-10(9-16)12(17)18/h2,5-6,8,10H,3-4,7,9H2,1H3,(H,17,18). The van der Waals surface area contributed by atoms with Crippen LogP contribution >= 0.6 is 0 Å². The molecule has 1 N–H and O–H groups in total. The van der Waals surface area contributed by atoms with Gasteiger partial charge in [0, 0.05) is 26.3 Å². The Balaban J connectivity index is 2.05. The molecule has 0 spiro atoms. The number of nitrogens with zero attached hydrogens (tertiary/aromatic N) is 3. The Kier molecular flexibility index (Phi) is 3.99. The van der Waals surface area contributed by atoms with Crippen molar-refractivity contribution in [2.75, 3.05) is 25.0 Å². The monoisotopic (exact) mass is 263 g/mol. The number of rotatable bonds is 2. The summed E-state index contributed by atoms with van der Waals surface area (Å²) in [5, 5.41) is 9.03. The van der Waals surface area contributed by atoms with E-state index in [4.69, 9.17) is 5.11 Å². The van der Waals surface area contributed by atoms with Crippen LogP contribution in [0.4, 0.5) is 10.5 Å². The molecule has 2 rings (SSSR count). The molecule has 1 aromatic rings. The van der Waals surface area contributed by atoms with Crippen molar-refractivity contribution in [2.24, 2.45) is 5.92 Å². The van der Waals surface area contributed by atoms with Gasteiger partial charge < -0.3 is 10.0 Å². The first-order valence-corrected chi connectivity index (χ1v) is 6.25. The number of aliphatic carboxylic acids is 1. The number of carbonyl (C=O) groups excluding carboxylic acids is 1. The summed E-state index contributed by atoms with van der Waals surface area (Å²) < 4.78 is 0. The first-order valence-electron chi connectivity index (χ1n) is 6.25. The van der Waals surface area contributed by atoms with Crippen LogP contribution in [0.1, 0.15) is 12.8 Å². The third-order valence-electron chi connectivity index (χ3n) is 3.36. The summed E-state index contributed by atoms with van der Waals surface area (Å²) in [5.41, 5.74) is 0.699. The second-order valence-electron chi connectivity index (χ2n) is 4.68. The molecule has 1 unspecified atom stereocenters. The normalized spacial score (nSPS) is 19.0. The van der Waals surface area contributed by atoms with E-state index in [9.17, 15) is 9.59 Å². The number of anilines is 1. The molecule has 2 heterocycles. The fourth-order valence-electron chi connectivity index (χ4n) is 2.23.